The van der Waals surface area contributed by atoms with Gasteiger partial charge in [0, 0.05) is 20.0 Å². The molecule has 0 rings (SSSR count). The normalized spacial score (nSPS) is 4.90. The molecule has 0 heterocycles. The van der Waals surface area contributed by atoms with Gasteiger partial charge in [0.2, 0.25) is 0 Å². The minimum Gasteiger partial charge on any atom is -0.333 e. The maximum Gasteiger partial charge on any atom is 0.171 e. The zero-order valence-corrected chi connectivity index (χ0v) is 41.4. The van der Waals surface area contributed by atoms with Crippen LogP contribution in [-0.2, 0) is 0 Å². The summed E-state index contributed by atoms with van der Waals surface area (Å²) in [6.07, 6.45) is -1.33. The quantitative estimate of drug-likeness (QED) is 0.100. The van der Waals surface area contributed by atoms with Crippen molar-refractivity contribution in [1.82, 2.24) is 0 Å². The van der Waals surface area contributed by atoms with Gasteiger partial charge in [0.05, 0.1) is 0 Å². The number of hydrogen-bond acceptors (Lipinski definition) is 34. The molecule has 60 heavy (non-hydrogen) atoms. The molecule has 0 aliphatic rings. The lowest BCUT2D eigenvalue weighted by Gasteiger charge is -2.07. The third kappa shape index (κ3) is 94800. The molecule has 0 radical (unpaired) electrons. The average molecular weight is 928 g/mol. The standard InChI is InChI=1S/CH8N4.2CH7N3.3CH6N2.18CH5N.2CH4/c2-1(3,4)5;2*2-1(3)4;3*2-1-3;18*1-2;;/h2-5H2;2*1H,2-4H2;3*1-3H2;18*2H2,1H3;2*1H4. The summed E-state index contributed by atoms with van der Waals surface area (Å²) in [6, 6.07) is 0. The highest BCUT2D eigenvalue weighted by Crippen LogP contribution is 1.43. The predicted octanol–water partition coefficient (Wildman–Crippen LogP) is -16.1. The molecule has 0 aliphatic heterocycles. The molecule has 0 aromatic carbocycles. The minimum absolute atomic E-state index is 0. The van der Waals surface area contributed by atoms with Crippen LogP contribution >= 0.6 is 0 Å². The number of nitrogens with two attached hydrogens (primary N) is 34. The van der Waals surface area contributed by atoms with Crippen molar-refractivity contribution in [2.75, 3.05) is 147 Å². The van der Waals surface area contributed by atoms with Gasteiger partial charge in [0.25, 0.3) is 0 Å². The van der Waals surface area contributed by atoms with Gasteiger partial charge in [-0.05, 0) is 127 Å². The average Bonchev–Trinajstić information content (AvgIpc) is 3.30. The van der Waals surface area contributed by atoms with Crippen LogP contribution in [-0.4, -0.2) is 165 Å². The Morgan fingerprint density at radius 2 is 0.217 bits per heavy atom. The van der Waals surface area contributed by atoms with Crippen LogP contribution in [0.1, 0.15) is 14.9 Å². The van der Waals surface area contributed by atoms with Crippen molar-refractivity contribution >= 4 is 0 Å². The molecule has 0 bridgehead atoms. The highest BCUT2D eigenvalue weighted by atomic mass is 15.2. The Morgan fingerprint density at radius 1 is 0.217 bits per heavy atom. The molecule has 0 amide bonds. The Morgan fingerprint density at radius 3 is 0.217 bits per heavy atom. The van der Waals surface area contributed by atoms with E-state index in [1.807, 2.05) is 0 Å². The molecule has 0 saturated carbocycles. The summed E-state index contributed by atoms with van der Waals surface area (Å²) < 4.78 is 0. The summed E-state index contributed by atoms with van der Waals surface area (Å²) >= 11 is 0. The maximum absolute atomic E-state index is 4.69. The minimum atomic E-state index is -1.50. The molecule has 34 heteroatoms. The first kappa shape index (κ1) is 183. The molecule has 0 aliphatic carbocycles. The van der Waals surface area contributed by atoms with E-state index < -0.39 is 18.5 Å². The molecule has 34 nitrogen and oxygen atoms in total. The van der Waals surface area contributed by atoms with Gasteiger partial charge in [-0.15, -0.1) is 0 Å². The summed E-state index contributed by atoms with van der Waals surface area (Å²) in [5.74, 6) is -1.50. The van der Waals surface area contributed by atoms with Crippen molar-refractivity contribution in [3.05, 3.63) is 0 Å². The molecule has 0 spiro atoms. The smallest absolute Gasteiger partial charge is 0.171 e. The first-order chi connectivity index (χ1) is 27.7. The largest absolute Gasteiger partial charge is 0.333 e. The van der Waals surface area contributed by atoms with E-state index in [1.165, 1.54) is 127 Å². The summed E-state index contributed by atoms with van der Waals surface area (Å²) in [6.45, 7) is 0.750. The van der Waals surface area contributed by atoms with E-state index in [0.717, 1.165) is 0 Å². The van der Waals surface area contributed by atoms with Gasteiger partial charge in [-0.2, -0.15) is 0 Å². The zero-order valence-electron chi connectivity index (χ0n) is 41.4. The summed E-state index contributed by atoms with van der Waals surface area (Å²) in [7, 11) is 27.0. The van der Waals surface area contributed by atoms with Crippen molar-refractivity contribution in [3.63, 3.8) is 0 Å². The number of rotatable bonds is 0. The monoisotopic (exact) mass is 927 g/mol. The molecule has 0 aromatic heterocycles. The Kier molecular flexibility index (Phi) is 3030. The van der Waals surface area contributed by atoms with Crippen LogP contribution in [0.5, 0.6) is 0 Å². The van der Waals surface area contributed by atoms with E-state index in [2.05, 4.69) is 195 Å². The van der Waals surface area contributed by atoms with Crippen molar-refractivity contribution in [3.8, 4) is 0 Å². The van der Waals surface area contributed by atoms with E-state index in [1.54, 1.807) is 0 Å². The lowest BCUT2D eigenvalue weighted by molar-refractivity contribution is 0.484. The molecule has 0 fully saturated rings. The van der Waals surface area contributed by atoms with Gasteiger partial charge in [-0.25, -0.2) is 0 Å². The van der Waals surface area contributed by atoms with Crippen molar-refractivity contribution < 1.29 is 0 Å². The van der Waals surface area contributed by atoms with Gasteiger partial charge >= 0.3 is 0 Å². The van der Waals surface area contributed by atoms with Crippen LogP contribution < -0.4 is 195 Å². The fourth-order valence-corrected chi connectivity index (χ4v) is 0. The lowest BCUT2D eigenvalue weighted by atomic mass is 10.8. The highest BCUT2D eigenvalue weighted by Gasteiger charge is 1.96. The molecule has 412 valence electrons. The molecular formula is C26H138N34. The van der Waals surface area contributed by atoms with E-state index in [9.17, 15) is 0 Å². The maximum atomic E-state index is 4.69. The number of hydrogen-bond donors (Lipinski definition) is 34. The molecule has 0 saturated heterocycles. The van der Waals surface area contributed by atoms with Gasteiger partial charge < -0.3 is 172 Å². The van der Waals surface area contributed by atoms with Crippen LogP contribution in [0.4, 0.5) is 0 Å². The van der Waals surface area contributed by atoms with Crippen molar-refractivity contribution in [1.29, 1.82) is 0 Å². The van der Waals surface area contributed by atoms with Crippen molar-refractivity contribution in [2.45, 2.75) is 33.3 Å². The summed E-state index contributed by atoms with van der Waals surface area (Å²) in [5, 5.41) is 0. The highest BCUT2D eigenvalue weighted by molar-refractivity contribution is 4.51. The topological polar surface area (TPSA) is 885 Å². The third-order valence-corrected chi connectivity index (χ3v) is 0. The van der Waals surface area contributed by atoms with Crippen LogP contribution in [0.15, 0.2) is 0 Å². The van der Waals surface area contributed by atoms with Crippen LogP contribution in [0, 0.1) is 0 Å². The second-order valence-electron chi connectivity index (χ2n) is 2.86. The Labute approximate surface area is 375 Å². The van der Waals surface area contributed by atoms with E-state index >= 15 is 0 Å². The van der Waals surface area contributed by atoms with Gasteiger partial charge in [-0.3, -0.25) is 22.9 Å². The van der Waals surface area contributed by atoms with Gasteiger partial charge in [0.1, 0.15) is 12.6 Å². The van der Waals surface area contributed by atoms with Crippen LogP contribution in [0.3, 0.4) is 0 Å². The molecular weight excluding hydrogens is 789 g/mol. The third-order valence-electron chi connectivity index (χ3n) is 0. The molecule has 0 unspecified atom stereocenters. The lowest BCUT2D eigenvalue weighted by Crippen LogP contribution is -2.65. The summed E-state index contributed by atoms with van der Waals surface area (Å²) in [5.41, 5.74) is 156. The zero-order chi connectivity index (χ0) is 55.8. The van der Waals surface area contributed by atoms with E-state index in [0.29, 0.717) is 0 Å². The second-order valence-corrected chi connectivity index (χ2v) is 2.86. The van der Waals surface area contributed by atoms with E-state index in [4.69, 9.17) is 0 Å². The predicted molar refractivity (Wildman–Crippen MR) is 287 cm³/mol. The fraction of sp³-hybridized carbons (Fsp3) is 1.00. The molecule has 68 N–H and O–H groups in total. The van der Waals surface area contributed by atoms with Crippen molar-refractivity contribution in [2.24, 2.45) is 195 Å². The Balaban J connectivity index is -0.00000000844. The second kappa shape index (κ2) is 994. The SMILES string of the molecule is C.C.CN.CN.CN.CN.CN.CN.CN.CN.CN.CN.CN.CN.CN.CN.CN.CN.CN.CN.NC(N)(N)N.NC(N)N.NC(N)N.NCN.NCN.NCN. The first-order valence-corrected chi connectivity index (χ1v) is 16.0. The first-order valence-electron chi connectivity index (χ1n) is 16.0. The summed E-state index contributed by atoms with van der Waals surface area (Å²) in [4.78, 5) is 0. The molecule has 0 aromatic rings. The van der Waals surface area contributed by atoms with Crippen LogP contribution in [0.25, 0.3) is 0 Å². The van der Waals surface area contributed by atoms with Crippen LogP contribution in [0.2, 0.25) is 0 Å². The van der Waals surface area contributed by atoms with Gasteiger partial charge in [-0.1, -0.05) is 14.9 Å². The molecule has 0 atom stereocenters. The van der Waals surface area contributed by atoms with Gasteiger partial charge in [0.15, 0.2) is 5.91 Å². The van der Waals surface area contributed by atoms with E-state index in [-0.39, 0.29) is 34.9 Å². The Bertz CT molecular complexity index is 141. The Hall–Kier alpha value is -1.36. The fourth-order valence-electron chi connectivity index (χ4n) is 0.